The lowest BCUT2D eigenvalue weighted by Gasteiger charge is -2.18. The predicted molar refractivity (Wildman–Crippen MR) is 83.8 cm³/mol. The molecule has 2 N–H and O–H groups in total. The Balaban J connectivity index is 1.70. The zero-order valence-corrected chi connectivity index (χ0v) is 13.3. The van der Waals surface area contributed by atoms with E-state index in [9.17, 15) is 5.11 Å². The molecule has 0 fully saturated rings. The molecule has 1 aromatic carbocycles. The number of aliphatic hydroxyl groups excluding tert-OH is 1. The van der Waals surface area contributed by atoms with Gasteiger partial charge in [-0.05, 0) is 49.8 Å². The number of aliphatic hydroxyl groups is 1. The summed E-state index contributed by atoms with van der Waals surface area (Å²) in [5, 5.41) is 13.3. The zero-order chi connectivity index (χ0) is 15.2. The normalized spacial score (nSPS) is 16.2. The highest BCUT2D eigenvalue weighted by molar-refractivity contribution is 5.44. The molecule has 21 heavy (non-hydrogen) atoms. The van der Waals surface area contributed by atoms with Gasteiger partial charge in [0.1, 0.15) is 0 Å². The van der Waals surface area contributed by atoms with Gasteiger partial charge in [-0.15, -0.1) is 0 Å². The largest absolute Gasteiger partial charge is 0.454 e. The van der Waals surface area contributed by atoms with Crippen LogP contribution in [0.4, 0.5) is 0 Å². The fraction of sp³-hybridized carbons (Fsp3) is 0.647. The Hall–Kier alpha value is -1.26. The van der Waals surface area contributed by atoms with Crippen LogP contribution in [0.15, 0.2) is 18.2 Å². The van der Waals surface area contributed by atoms with Gasteiger partial charge in [-0.2, -0.15) is 0 Å². The van der Waals surface area contributed by atoms with Crippen molar-refractivity contribution in [3.8, 4) is 11.5 Å². The molecule has 2 rings (SSSR count). The molecule has 0 radical (unpaired) electrons. The molecule has 0 saturated carbocycles. The van der Waals surface area contributed by atoms with E-state index >= 15 is 0 Å². The van der Waals surface area contributed by atoms with Gasteiger partial charge < -0.3 is 19.9 Å². The summed E-state index contributed by atoms with van der Waals surface area (Å²) in [5.74, 6) is 2.22. The Labute approximate surface area is 127 Å². The zero-order valence-electron chi connectivity index (χ0n) is 13.3. The van der Waals surface area contributed by atoms with Gasteiger partial charge in [0.15, 0.2) is 11.5 Å². The van der Waals surface area contributed by atoms with E-state index in [1.807, 2.05) is 6.07 Å². The van der Waals surface area contributed by atoms with Crippen molar-refractivity contribution in [3.63, 3.8) is 0 Å². The van der Waals surface area contributed by atoms with Gasteiger partial charge in [0, 0.05) is 12.6 Å². The molecule has 118 valence electrons. The van der Waals surface area contributed by atoms with Crippen molar-refractivity contribution < 1.29 is 14.6 Å². The average molecular weight is 293 g/mol. The molecule has 2 unspecified atom stereocenters. The topological polar surface area (TPSA) is 50.7 Å². The lowest BCUT2D eigenvalue weighted by Crippen LogP contribution is -2.34. The maximum Gasteiger partial charge on any atom is 0.231 e. The van der Waals surface area contributed by atoms with Crippen molar-refractivity contribution in [2.45, 2.75) is 52.2 Å². The van der Waals surface area contributed by atoms with E-state index in [0.717, 1.165) is 30.8 Å². The third kappa shape index (κ3) is 5.21. The maximum atomic E-state index is 9.87. The first-order valence-corrected chi connectivity index (χ1v) is 7.84. The minimum Gasteiger partial charge on any atom is -0.454 e. The lowest BCUT2D eigenvalue weighted by atomic mass is 10.0. The summed E-state index contributed by atoms with van der Waals surface area (Å²) < 4.78 is 10.7. The van der Waals surface area contributed by atoms with E-state index in [2.05, 4.69) is 38.2 Å². The highest BCUT2D eigenvalue weighted by atomic mass is 16.7. The molecule has 0 bridgehead atoms. The third-order valence-electron chi connectivity index (χ3n) is 3.75. The summed E-state index contributed by atoms with van der Waals surface area (Å²) in [6.45, 7) is 7.42. The van der Waals surface area contributed by atoms with E-state index in [1.54, 1.807) is 0 Å². The lowest BCUT2D eigenvalue weighted by molar-refractivity contribution is 0.142. The van der Waals surface area contributed by atoms with Crippen LogP contribution in [0, 0.1) is 5.92 Å². The minimum absolute atomic E-state index is 0.252. The SMILES string of the molecule is CC(C)CC(O)CNC(C)CCc1ccc2c(c1)OCO2. The van der Waals surface area contributed by atoms with E-state index in [-0.39, 0.29) is 6.10 Å². The number of aryl methyl sites for hydroxylation is 1. The molecule has 2 atom stereocenters. The van der Waals surface area contributed by atoms with Crippen LogP contribution in [0.25, 0.3) is 0 Å². The first-order valence-electron chi connectivity index (χ1n) is 7.84. The molecule has 1 aliphatic rings. The fourth-order valence-electron chi connectivity index (χ4n) is 2.55. The van der Waals surface area contributed by atoms with Gasteiger partial charge in [-0.1, -0.05) is 19.9 Å². The van der Waals surface area contributed by atoms with Crippen LogP contribution >= 0.6 is 0 Å². The van der Waals surface area contributed by atoms with Crippen molar-refractivity contribution in [2.75, 3.05) is 13.3 Å². The highest BCUT2D eigenvalue weighted by Gasteiger charge is 2.14. The van der Waals surface area contributed by atoms with Crippen LogP contribution in [0.2, 0.25) is 0 Å². The first kappa shape index (κ1) is 16.1. The Kier molecular flexibility index (Phi) is 5.88. The van der Waals surface area contributed by atoms with Crippen molar-refractivity contribution in [3.05, 3.63) is 23.8 Å². The first-order chi connectivity index (χ1) is 10.0. The minimum atomic E-state index is -0.252. The van der Waals surface area contributed by atoms with Crippen LogP contribution in [0.5, 0.6) is 11.5 Å². The standard InChI is InChI=1S/C17H27NO3/c1-12(2)8-15(19)10-18-13(3)4-5-14-6-7-16-17(9-14)21-11-20-16/h6-7,9,12-13,15,18-19H,4-5,8,10-11H2,1-3H3. The monoisotopic (exact) mass is 293 g/mol. The molecule has 0 spiro atoms. The number of fused-ring (bicyclic) bond motifs is 1. The van der Waals surface area contributed by atoms with Gasteiger partial charge in [0.2, 0.25) is 6.79 Å². The number of nitrogens with one attached hydrogen (secondary N) is 1. The summed E-state index contributed by atoms with van der Waals surface area (Å²) in [5.41, 5.74) is 1.26. The maximum absolute atomic E-state index is 9.87. The average Bonchev–Trinajstić information content (AvgIpc) is 2.89. The fourth-order valence-corrected chi connectivity index (χ4v) is 2.55. The predicted octanol–water partition coefficient (Wildman–Crippen LogP) is 2.73. The molecular weight excluding hydrogens is 266 g/mol. The molecule has 0 aromatic heterocycles. The van der Waals surface area contributed by atoms with Gasteiger partial charge in [-0.25, -0.2) is 0 Å². The molecule has 1 aromatic rings. The number of ether oxygens (including phenoxy) is 2. The Morgan fingerprint density at radius 1 is 1.19 bits per heavy atom. The third-order valence-corrected chi connectivity index (χ3v) is 3.75. The van der Waals surface area contributed by atoms with Gasteiger partial charge in [0.25, 0.3) is 0 Å². The highest BCUT2D eigenvalue weighted by Crippen LogP contribution is 2.32. The van der Waals surface area contributed by atoms with Crippen LogP contribution in [0.3, 0.4) is 0 Å². The Bertz CT molecular complexity index is 448. The number of rotatable bonds is 8. The summed E-state index contributed by atoms with van der Waals surface area (Å²) in [7, 11) is 0. The summed E-state index contributed by atoms with van der Waals surface area (Å²) in [6.07, 6.45) is 2.62. The molecular formula is C17H27NO3. The molecule has 4 nitrogen and oxygen atoms in total. The molecule has 1 aliphatic heterocycles. The van der Waals surface area contributed by atoms with Crippen LogP contribution in [0.1, 0.15) is 39.2 Å². The smallest absolute Gasteiger partial charge is 0.231 e. The van der Waals surface area contributed by atoms with Gasteiger partial charge >= 0.3 is 0 Å². The van der Waals surface area contributed by atoms with Crippen molar-refractivity contribution >= 4 is 0 Å². The van der Waals surface area contributed by atoms with Crippen molar-refractivity contribution in [1.82, 2.24) is 5.32 Å². The van der Waals surface area contributed by atoms with Crippen LogP contribution in [-0.2, 0) is 6.42 Å². The van der Waals surface area contributed by atoms with E-state index < -0.39 is 0 Å². The summed E-state index contributed by atoms with van der Waals surface area (Å²) in [6, 6.07) is 6.51. The van der Waals surface area contributed by atoms with Crippen LogP contribution in [-0.4, -0.2) is 30.6 Å². The number of hydrogen-bond acceptors (Lipinski definition) is 4. The summed E-state index contributed by atoms with van der Waals surface area (Å²) in [4.78, 5) is 0. The Morgan fingerprint density at radius 2 is 1.95 bits per heavy atom. The molecule has 0 amide bonds. The Morgan fingerprint density at radius 3 is 2.71 bits per heavy atom. The molecule has 0 saturated heterocycles. The molecule has 4 heteroatoms. The summed E-state index contributed by atoms with van der Waals surface area (Å²) >= 11 is 0. The second-order valence-corrected chi connectivity index (χ2v) is 6.32. The van der Waals surface area contributed by atoms with Crippen molar-refractivity contribution in [1.29, 1.82) is 0 Å². The quantitative estimate of drug-likeness (QED) is 0.774. The van der Waals surface area contributed by atoms with E-state index in [4.69, 9.17) is 9.47 Å². The van der Waals surface area contributed by atoms with Crippen molar-refractivity contribution in [2.24, 2.45) is 5.92 Å². The second-order valence-electron chi connectivity index (χ2n) is 6.32. The van der Waals surface area contributed by atoms with E-state index in [0.29, 0.717) is 25.3 Å². The van der Waals surface area contributed by atoms with Gasteiger partial charge in [0.05, 0.1) is 6.10 Å². The number of hydrogen-bond donors (Lipinski definition) is 2. The second kappa shape index (κ2) is 7.66. The molecule has 1 heterocycles. The van der Waals surface area contributed by atoms with Crippen LogP contribution < -0.4 is 14.8 Å². The number of benzene rings is 1. The van der Waals surface area contributed by atoms with Gasteiger partial charge in [-0.3, -0.25) is 0 Å². The molecule has 0 aliphatic carbocycles. The van der Waals surface area contributed by atoms with E-state index in [1.165, 1.54) is 5.56 Å².